The Morgan fingerprint density at radius 3 is 2.61 bits per heavy atom. The van der Waals surface area contributed by atoms with Crippen LogP contribution in [0.2, 0.25) is 5.02 Å². The SMILES string of the molecule is OC1CCC(NC2(c3ccncc3Cl)C=CC=C(NCc3cc(F)cc(F)c3)N2)CC1. The molecule has 1 saturated carbocycles. The summed E-state index contributed by atoms with van der Waals surface area (Å²) in [5, 5.41) is 20.7. The lowest BCUT2D eigenvalue weighted by Gasteiger charge is -2.42. The Morgan fingerprint density at radius 1 is 1.16 bits per heavy atom. The zero-order chi connectivity index (χ0) is 21.8. The largest absolute Gasteiger partial charge is 0.393 e. The van der Waals surface area contributed by atoms with Gasteiger partial charge in [-0.3, -0.25) is 10.3 Å². The highest BCUT2D eigenvalue weighted by atomic mass is 35.5. The van der Waals surface area contributed by atoms with E-state index in [1.165, 1.54) is 12.1 Å². The molecule has 0 amide bonds. The monoisotopic (exact) mass is 446 g/mol. The zero-order valence-electron chi connectivity index (χ0n) is 16.9. The first-order valence-corrected chi connectivity index (χ1v) is 10.7. The average Bonchev–Trinajstić information content (AvgIpc) is 2.74. The molecule has 1 fully saturated rings. The fourth-order valence-corrected chi connectivity index (χ4v) is 4.42. The third-order valence-corrected chi connectivity index (χ3v) is 5.97. The molecule has 0 radical (unpaired) electrons. The van der Waals surface area contributed by atoms with Gasteiger partial charge in [0.15, 0.2) is 0 Å². The summed E-state index contributed by atoms with van der Waals surface area (Å²) in [5.41, 5.74) is 0.518. The summed E-state index contributed by atoms with van der Waals surface area (Å²) in [6, 6.07) is 5.49. The van der Waals surface area contributed by atoms with Crippen molar-refractivity contribution >= 4 is 11.6 Å². The number of hydrogen-bond acceptors (Lipinski definition) is 5. The maximum atomic E-state index is 13.5. The van der Waals surface area contributed by atoms with E-state index in [1.807, 2.05) is 24.3 Å². The molecule has 1 aliphatic heterocycles. The minimum atomic E-state index is -0.794. The quantitative estimate of drug-likeness (QED) is 0.542. The molecule has 1 aliphatic carbocycles. The van der Waals surface area contributed by atoms with E-state index in [2.05, 4.69) is 20.9 Å². The molecule has 0 bridgehead atoms. The van der Waals surface area contributed by atoms with Crippen LogP contribution in [0.1, 0.15) is 36.8 Å². The van der Waals surface area contributed by atoms with Crippen LogP contribution in [0, 0.1) is 11.6 Å². The molecule has 164 valence electrons. The molecule has 1 atom stereocenters. The van der Waals surface area contributed by atoms with Crippen molar-refractivity contribution < 1.29 is 13.9 Å². The van der Waals surface area contributed by atoms with Gasteiger partial charge in [-0.05, 0) is 61.6 Å². The Labute approximate surface area is 185 Å². The smallest absolute Gasteiger partial charge is 0.137 e. The Morgan fingerprint density at radius 2 is 1.90 bits per heavy atom. The van der Waals surface area contributed by atoms with Crippen LogP contribution in [0.3, 0.4) is 0 Å². The van der Waals surface area contributed by atoms with Crippen LogP contribution in [0.25, 0.3) is 0 Å². The Balaban J connectivity index is 1.55. The second-order valence-electron chi connectivity index (χ2n) is 8.01. The molecule has 1 aromatic heterocycles. The van der Waals surface area contributed by atoms with Crippen LogP contribution < -0.4 is 16.0 Å². The summed E-state index contributed by atoms with van der Waals surface area (Å²) >= 11 is 6.50. The van der Waals surface area contributed by atoms with Crippen molar-refractivity contribution in [2.75, 3.05) is 0 Å². The highest BCUT2D eigenvalue weighted by Gasteiger charge is 2.36. The number of allylic oxidation sites excluding steroid dienone is 2. The van der Waals surface area contributed by atoms with Gasteiger partial charge in [-0.1, -0.05) is 17.7 Å². The molecule has 4 rings (SSSR count). The van der Waals surface area contributed by atoms with E-state index < -0.39 is 17.3 Å². The number of rotatable bonds is 6. The molecule has 2 aromatic rings. The maximum Gasteiger partial charge on any atom is 0.137 e. The Bertz CT molecular complexity index is 971. The molecule has 0 saturated heterocycles. The molecule has 8 heteroatoms. The van der Waals surface area contributed by atoms with Crippen LogP contribution in [-0.4, -0.2) is 22.2 Å². The van der Waals surface area contributed by atoms with Gasteiger partial charge in [-0.15, -0.1) is 0 Å². The van der Waals surface area contributed by atoms with Crippen LogP contribution in [0.4, 0.5) is 8.78 Å². The van der Waals surface area contributed by atoms with Gasteiger partial charge < -0.3 is 15.7 Å². The van der Waals surface area contributed by atoms with Gasteiger partial charge in [0.25, 0.3) is 0 Å². The van der Waals surface area contributed by atoms with Gasteiger partial charge in [0.05, 0.1) is 11.1 Å². The predicted molar refractivity (Wildman–Crippen MR) is 116 cm³/mol. The van der Waals surface area contributed by atoms with Crippen molar-refractivity contribution in [2.45, 2.75) is 50.0 Å². The number of aliphatic hydroxyl groups excluding tert-OH is 1. The number of pyridine rings is 1. The minimum absolute atomic E-state index is 0.182. The number of halogens is 3. The first-order valence-electron chi connectivity index (χ1n) is 10.4. The third kappa shape index (κ3) is 5.23. The fourth-order valence-electron chi connectivity index (χ4n) is 4.15. The van der Waals surface area contributed by atoms with E-state index in [0.29, 0.717) is 16.4 Å². The van der Waals surface area contributed by atoms with E-state index in [4.69, 9.17) is 11.6 Å². The molecule has 1 aromatic carbocycles. The van der Waals surface area contributed by atoms with Crippen molar-refractivity contribution in [2.24, 2.45) is 0 Å². The second kappa shape index (κ2) is 9.34. The summed E-state index contributed by atoms with van der Waals surface area (Å²) in [4.78, 5) is 4.09. The van der Waals surface area contributed by atoms with Crippen molar-refractivity contribution in [3.05, 3.63) is 88.5 Å². The topological polar surface area (TPSA) is 69.2 Å². The van der Waals surface area contributed by atoms with Crippen LogP contribution in [0.5, 0.6) is 0 Å². The fraction of sp³-hybridized carbons (Fsp3) is 0.348. The highest BCUT2D eigenvalue weighted by molar-refractivity contribution is 6.31. The second-order valence-corrected chi connectivity index (χ2v) is 8.42. The number of benzene rings is 1. The van der Waals surface area contributed by atoms with Gasteiger partial charge in [-0.2, -0.15) is 0 Å². The third-order valence-electron chi connectivity index (χ3n) is 5.67. The average molecular weight is 447 g/mol. The Kier molecular flexibility index (Phi) is 6.55. The minimum Gasteiger partial charge on any atom is -0.393 e. The normalized spacial score (nSPS) is 25.6. The standard InChI is InChI=1S/C23H25ClF2N4O/c24-21-14-27-9-7-20(21)23(29-18-3-5-19(31)6-4-18)8-1-2-22(30-23)28-13-15-10-16(25)12-17(26)11-15/h1-2,7-12,14,18-19,28-31H,3-6,13H2. The summed E-state index contributed by atoms with van der Waals surface area (Å²) < 4.78 is 27.0. The molecule has 4 N–H and O–H groups in total. The van der Waals surface area contributed by atoms with Gasteiger partial charge in [0.2, 0.25) is 0 Å². The number of dihydropyridines is 1. The van der Waals surface area contributed by atoms with Crippen molar-refractivity contribution in [3.63, 3.8) is 0 Å². The lowest BCUT2D eigenvalue weighted by molar-refractivity contribution is 0.108. The predicted octanol–water partition coefficient (Wildman–Crippen LogP) is 3.85. The first-order chi connectivity index (χ1) is 14.9. The lowest BCUT2D eigenvalue weighted by atomic mass is 9.89. The maximum absolute atomic E-state index is 13.5. The number of aliphatic hydroxyl groups is 1. The summed E-state index contributed by atoms with van der Waals surface area (Å²) in [5.74, 6) is -0.536. The molecule has 1 unspecified atom stereocenters. The number of nitrogens with zero attached hydrogens (tertiary/aromatic N) is 1. The molecular formula is C23H25ClF2N4O. The molecule has 2 heterocycles. The van der Waals surface area contributed by atoms with Crippen molar-refractivity contribution in [1.29, 1.82) is 0 Å². The van der Waals surface area contributed by atoms with Gasteiger partial charge in [0.1, 0.15) is 23.1 Å². The van der Waals surface area contributed by atoms with E-state index in [-0.39, 0.29) is 18.7 Å². The van der Waals surface area contributed by atoms with Crippen LogP contribution >= 0.6 is 11.6 Å². The van der Waals surface area contributed by atoms with Crippen molar-refractivity contribution in [1.82, 2.24) is 20.9 Å². The highest BCUT2D eigenvalue weighted by Crippen LogP contribution is 2.32. The first kappa shape index (κ1) is 21.7. The van der Waals surface area contributed by atoms with E-state index >= 15 is 0 Å². The zero-order valence-corrected chi connectivity index (χ0v) is 17.7. The molecular weight excluding hydrogens is 422 g/mol. The summed E-state index contributed by atoms with van der Waals surface area (Å²) in [6.45, 7) is 0.247. The number of aromatic nitrogens is 1. The van der Waals surface area contributed by atoms with Gasteiger partial charge in [0, 0.05) is 36.6 Å². The summed E-state index contributed by atoms with van der Waals surface area (Å²) in [7, 11) is 0. The van der Waals surface area contributed by atoms with Crippen LogP contribution in [0.15, 0.2) is 60.7 Å². The Hall–Kier alpha value is -2.48. The summed E-state index contributed by atoms with van der Waals surface area (Å²) in [6.07, 6.45) is 12.0. The lowest BCUT2D eigenvalue weighted by Crippen LogP contribution is -2.58. The van der Waals surface area contributed by atoms with E-state index in [1.54, 1.807) is 12.4 Å². The molecule has 31 heavy (non-hydrogen) atoms. The van der Waals surface area contributed by atoms with Crippen LogP contribution in [-0.2, 0) is 12.2 Å². The van der Waals surface area contributed by atoms with E-state index in [9.17, 15) is 13.9 Å². The van der Waals surface area contributed by atoms with Gasteiger partial charge >= 0.3 is 0 Å². The molecule has 2 aliphatic rings. The number of nitrogens with one attached hydrogen (secondary N) is 3. The van der Waals surface area contributed by atoms with Crippen molar-refractivity contribution in [3.8, 4) is 0 Å². The molecule has 5 nitrogen and oxygen atoms in total. The number of hydrogen-bond donors (Lipinski definition) is 4. The molecule has 0 spiro atoms. The van der Waals surface area contributed by atoms with E-state index in [0.717, 1.165) is 37.3 Å². The van der Waals surface area contributed by atoms with Gasteiger partial charge in [-0.25, -0.2) is 8.78 Å².